The Labute approximate surface area is 66.2 Å². The van der Waals surface area contributed by atoms with Gasteiger partial charge < -0.3 is 5.21 Å². The van der Waals surface area contributed by atoms with E-state index in [4.69, 9.17) is 5.21 Å². The average Bonchev–Trinajstić information content (AvgIpc) is 1.98. The monoisotopic (exact) mass is 149 g/mol. The molecule has 0 bridgehead atoms. The van der Waals surface area contributed by atoms with Gasteiger partial charge >= 0.3 is 0 Å². The standard InChI is InChI=1S/C9H11NO/c1-7-3-4-9(6-10-11)5-8(7)2/h3-6,11H,1-2H3/b10-6-. The molecule has 1 aromatic rings. The van der Waals surface area contributed by atoms with Crippen molar-refractivity contribution in [3.8, 4) is 0 Å². The summed E-state index contributed by atoms with van der Waals surface area (Å²) in [7, 11) is 0. The van der Waals surface area contributed by atoms with E-state index in [1.165, 1.54) is 17.3 Å². The second-order valence-electron chi connectivity index (χ2n) is 2.59. The maximum absolute atomic E-state index is 8.25. The van der Waals surface area contributed by atoms with Crippen molar-refractivity contribution in [2.24, 2.45) is 5.16 Å². The molecule has 0 unspecified atom stereocenters. The summed E-state index contributed by atoms with van der Waals surface area (Å²) in [6.07, 6.45) is 1.42. The predicted octanol–water partition coefficient (Wildman–Crippen LogP) is 2.11. The Balaban J connectivity index is 3.05. The van der Waals surface area contributed by atoms with Crippen LogP contribution in [-0.2, 0) is 0 Å². The van der Waals surface area contributed by atoms with Gasteiger partial charge in [0, 0.05) is 0 Å². The zero-order valence-electron chi connectivity index (χ0n) is 6.70. The molecule has 0 aromatic heterocycles. The topological polar surface area (TPSA) is 32.6 Å². The summed E-state index contributed by atoms with van der Waals surface area (Å²) in [5.74, 6) is 0. The molecule has 1 aromatic carbocycles. The summed E-state index contributed by atoms with van der Waals surface area (Å²) >= 11 is 0. The van der Waals surface area contributed by atoms with Gasteiger partial charge in [0.2, 0.25) is 0 Å². The van der Waals surface area contributed by atoms with Crippen molar-refractivity contribution in [3.05, 3.63) is 34.9 Å². The zero-order valence-corrected chi connectivity index (χ0v) is 6.70. The van der Waals surface area contributed by atoms with Crippen LogP contribution in [0.2, 0.25) is 0 Å². The Kier molecular flexibility index (Phi) is 2.26. The summed E-state index contributed by atoms with van der Waals surface area (Å²) in [4.78, 5) is 0. The van der Waals surface area contributed by atoms with Crippen LogP contribution in [0.15, 0.2) is 23.4 Å². The van der Waals surface area contributed by atoms with Crippen molar-refractivity contribution >= 4 is 6.21 Å². The van der Waals surface area contributed by atoms with Crippen molar-refractivity contribution in [3.63, 3.8) is 0 Å². The maximum atomic E-state index is 8.25. The molecule has 1 N–H and O–H groups in total. The first-order chi connectivity index (χ1) is 5.24. The van der Waals surface area contributed by atoms with Gasteiger partial charge in [0.1, 0.15) is 0 Å². The Hall–Kier alpha value is -1.31. The first-order valence-electron chi connectivity index (χ1n) is 3.48. The molecule has 0 aliphatic rings. The van der Waals surface area contributed by atoms with Crippen LogP contribution >= 0.6 is 0 Å². The first-order valence-corrected chi connectivity index (χ1v) is 3.48. The Morgan fingerprint density at radius 1 is 1.27 bits per heavy atom. The van der Waals surface area contributed by atoms with Gasteiger partial charge in [-0.3, -0.25) is 0 Å². The Morgan fingerprint density at radius 2 is 2.00 bits per heavy atom. The average molecular weight is 149 g/mol. The summed E-state index contributed by atoms with van der Waals surface area (Å²) in [6.45, 7) is 4.08. The maximum Gasteiger partial charge on any atom is 0.0733 e. The third-order valence-electron chi connectivity index (χ3n) is 1.74. The molecule has 0 fully saturated rings. The number of hydrogen-bond acceptors (Lipinski definition) is 2. The normalized spacial score (nSPS) is 10.7. The number of nitrogens with zero attached hydrogens (tertiary/aromatic N) is 1. The summed E-state index contributed by atoms with van der Waals surface area (Å²) in [5.41, 5.74) is 3.39. The molecule has 58 valence electrons. The van der Waals surface area contributed by atoms with Crippen LogP contribution in [0.1, 0.15) is 16.7 Å². The fourth-order valence-corrected chi connectivity index (χ4v) is 0.912. The molecule has 2 heteroatoms. The van der Waals surface area contributed by atoms with Gasteiger partial charge in [0.25, 0.3) is 0 Å². The molecule has 0 saturated carbocycles. The molecule has 0 atom stereocenters. The van der Waals surface area contributed by atoms with Crippen LogP contribution in [0.25, 0.3) is 0 Å². The van der Waals surface area contributed by atoms with Crippen LogP contribution in [0.4, 0.5) is 0 Å². The van der Waals surface area contributed by atoms with Crippen LogP contribution in [0.3, 0.4) is 0 Å². The molecule has 0 spiro atoms. The van der Waals surface area contributed by atoms with Gasteiger partial charge in [-0.25, -0.2) is 0 Å². The number of benzene rings is 1. The second-order valence-corrected chi connectivity index (χ2v) is 2.59. The van der Waals surface area contributed by atoms with Crippen LogP contribution < -0.4 is 0 Å². The number of oxime groups is 1. The van der Waals surface area contributed by atoms with E-state index in [1.54, 1.807) is 0 Å². The fourth-order valence-electron chi connectivity index (χ4n) is 0.912. The van der Waals surface area contributed by atoms with Crippen molar-refractivity contribution in [1.29, 1.82) is 0 Å². The van der Waals surface area contributed by atoms with E-state index in [0.29, 0.717) is 0 Å². The van der Waals surface area contributed by atoms with E-state index in [2.05, 4.69) is 12.1 Å². The van der Waals surface area contributed by atoms with Crippen molar-refractivity contribution in [2.45, 2.75) is 13.8 Å². The highest BCUT2D eigenvalue weighted by molar-refractivity contribution is 5.79. The summed E-state index contributed by atoms with van der Waals surface area (Å²) in [6, 6.07) is 5.91. The van der Waals surface area contributed by atoms with E-state index in [9.17, 15) is 0 Å². The lowest BCUT2D eigenvalue weighted by Crippen LogP contribution is -1.85. The minimum atomic E-state index is 0.926. The highest BCUT2D eigenvalue weighted by Crippen LogP contribution is 2.07. The van der Waals surface area contributed by atoms with E-state index >= 15 is 0 Å². The first kappa shape index (κ1) is 7.79. The molecule has 1 rings (SSSR count). The van der Waals surface area contributed by atoms with E-state index < -0.39 is 0 Å². The molecule has 0 amide bonds. The number of rotatable bonds is 1. The summed E-state index contributed by atoms with van der Waals surface area (Å²) < 4.78 is 0. The molecular formula is C9H11NO. The van der Waals surface area contributed by atoms with Crippen molar-refractivity contribution < 1.29 is 5.21 Å². The zero-order chi connectivity index (χ0) is 8.27. The van der Waals surface area contributed by atoms with Gasteiger partial charge in [-0.15, -0.1) is 0 Å². The highest BCUT2D eigenvalue weighted by Gasteiger charge is 1.92. The quantitative estimate of drug-likeness (QED) is 0.370. The largest absolute Gasteiger partial charge is 0.411 e. The molecule has 0 saturated heterocycles. The lowest BCUT2D eigenvalue weighted by molar-refractivity contribution is 0.322. The van der Waals surface area contributed by atoms with E-state index in [1.807, 2.05) is 25.1 Å². The number of hydrogen-bond donors (Lipinski definition) is 1. The van der Waals surface area contributed by atoms with Gasteiger partial charge in [-0.05, 0) is 30.5 Å². The van der Waals surface area contributed by atoms with Crippen LogP contribution in [0.5, 0.6) is 0 Å². The second kappa shape index (κ2) is 3.19. The Morgan fingerprint density at radius 3 is 2.55 bits per heavy atom. The molecule has 11 heavy (non-hydrogen) atoms. The van der Waals surface area contributed by atoms with E-state index in [-0.39, 0.29) is 0 Å². The summed E-state index contributed by atoms with van der Waals surface area (Å²) in [5, 5.41) is 11.2. The molecule has 2 nitrogen and oxygen atoms in total. The van der Waals surface area contributed by atoms with Crippen LogP contribution in [-0.4, -0.2) is 11.4 Å². The molecule has 0 heterocycles. The van der Waals surface area contributed by atoms with Gasteiger partial charge in [0.05, 0.1) is 6.21 Å². The number of aryl methyl sites for hydroxylation is 2. The van der Waals surface area contributed by atoms with E-state index in [0.717, 1.165) is 5.56 Å². The minimum absolute atomic E-state index is 0.926. The minimum Gasteiger partial charge on any atom is -0.411 e. The highest BCUT2D eigenvalue weighted by atomic mass is 16.4. The van der Waals surface area contributed by atoms with Crippen molar-refractivity contribution in [2.75, 3.05) is 0 Å². The lowest BCUT2D eigenvalue weighted by atomic mass is 10.1. The molecular weight excluding hydrogens is 138 g/mol. The smallest absolute Gasteiger partial charge is 0.0733 e. The fraction of sp³-hybridized carbons (Fsp3) is 0.222. The van der Waals surface area contributed by atoms with Gasteiger partial charge in [0.15, 0.2) is 0 Å². The van der Waals surface area contributed by atoms with Gasteiger partial charge in [-0.1, -0.05) is 23.4 Å². The molecule has 0 aliphatic heterocycles. The third-order valence-corrected chi connectivity index (χ3v) is 1.74. The molecule has 0 aliphatic carbocycles. The Bertz CT molecular complexity index is 279. The van der Waals surface area contributed by atoms with Crippen molar-refractivity contribution in [1.82, 2.24) is 0 Å². The van der Waals surface area contributed by atoms with Gasteiger partial charge in [-0.2, -0.15) is 0 Å². The lowest BCUT2D eigenvalue weighted by Gasteiger charge is -1.98. The molecule has 0 radical (unpaired) electrons. The third kappa shape index (κ3) is 1.80. The SMILES string of the molecule is Cc1ccc(/C=N\O)cc1C. The van der Waals surface area contributed by atoms with Crippen LogP contribution in [0, 0.1) is 13.8 Å². The predicted molar refractivity (Wildman–Crippen MR) is 45.3 cm³/mol.